The van der Waals surface area contributed by atoms with Gasteiger partial charge in [-0.05, 0) is 47.7 Å². The molecule has 0 spiro atoms. The molecule has 0 saturated carbocycles. The van der Waals surface area contributed by atoms with Gasteiger partial charge in [-0.2, -0.15) is 0 Å². The third kappa shape index (κ3) is 4.07. The van der Waals surface area contributed by atoms with Crippen LogP contribution in [0.3, 0.4) is 0 Å². The molecule has 2 aromatic carbocycles. The van der Waals surface area contributed by atoms with Gasteiger partial charge in [0.05, 0.1) is 5.92 Å². The van der Waals surface area contributed by atoms with Crippen LogP contribution in [0.4, 0.5) is 4.39 Å². The molecule has 0 aromatic heterocycles. The summed E-state index contributed by atoms with van der Waals surface area (Å²) in [7, 11) is 0. The van der Waals surface area contributed by atoms with E-state index in [1.165, 1.54) is 12.1 Å². The van der Waals surface area contributed by atoms with Crippen molar-refractivity contribution in [1.29, 1.82) is 0 Å². The van der Waals surface area contributed by atoms with Gasteiger partial charge >= 0.3 is 5.97 Å². The molecule has 2 aromatic rings. The van der Waals surface area contributed by atoms with Crippen LogP contribution in [0.15, 0.2) is 24.3 Å². The predicted molar refractivity (Wildman–Crippen MR) is 97.5 cm³/mol. The topological polar surface area (TPSA) is 57.5 Å². The Morgan fingerprint density at radius 1 is 1.16 bits per heavy atom. The molecule has 1 atom stereocenters. The summed E-state index contributed by atoms with van der Waals surface area (Å²) < 4.78 is 14.7. The van der Waals surface area contributed by atoms with Gasteiger partial charge in [0.15, 0.2) is 0 Å². The number of halogens is 3. The Balaban J connectivity index is 2.45. The summed E-state index contributed by atoms with van der Waals surface area (Å²) in [6.07, 6.45) is 0.144. The lowest BCUT2D eigenvalue weighted by molar-refractivity contribution is -0.138. The molecule has 1 unspecified atom stereocenters. The van der Waals surface area contributed by atoms with Gasteiger partial charge < -0.3 is 10.2 Å². The molecular formula is C19H19Cl2FO3. The molecule has 0 aliphatic rings. The van der Waals surface area contributed by atoms with E-state index in [1.807, 2.05) is 0 Å². The van der Waals surface area contributed by atoms with E-state index in [4.69, 9.17) is 28.3 Å². The lowest BCUT2D eigenvalue weighted by Gasteiger charge is -2.16. The number of carbonyl (C=O) groups is 1. The molecule has 6 heteroatoms. The van der Waals surface area contributed by atoms with Crippen molar-refractivity contribution in [2.45, 2.75) is 39.0 Å². The first kappa shape index (κ1) is 19.5. The monoisotopic (exact) mass is 384 g/mol. The number of carboxylic acids is 1. The van der Waals surface area contributed by atoms with E-state index in [2.05, 4.69) is 0 Å². The molecule has 0 saturated heterocycles. The first-order valence-electron chi connectivity index (χ1n) is 7.84. The number of carboxylic acid groups (broad SMARTS) is 1. The molecule has 0 aliphatic heterocycles. The van der Waals surface area contributed by atoms with Crippen molar-refractivity contribution >= 4 is 29.2 Å². The quantitative estimate of drug-likeness (QED) is 0.690. The highest BCUT2D eigenvalue weighted by atomic mass is 35.5. The minimum absolute atomic E-state index is 0.0842. The summed E-state index contributed by atoms with van der Waals surface area (Å²) in [6, 6.07) is 6.04. The van der Waals surface area contributed by atoms with Gasteiger partial charge in [-0.25, -0.2) is 4.39 Å². The van der Waals surface area contributed by atoms with Crippen LogP contribution in [0.25, 0.3) is 0 Å². The van der Waals surface area contributed by atoms with Gasteiger partial charge in [0.1, 0.15) is 11.6 Å². The van der Waals surface area contributed by atoms with E-state index >= 15 is 0 Å². The number of rotatable bonds is 5. The summed E-state index contributed by atoms with van der Waals surface area (Å²) in [5.74, 6) is -2.47. The molecule has 0 radical (unpaired) electrons. The Bertz CT molecular complexity index is 796. The van der Waals surface area contributed by atoms with Gasteiger partial charge in [0.2, 0.25) is 0 Å². The SMILES string of the molecule is CC(C)c1c(O)ccc(Cc2c(Cl)cc(C(C)C(=O)O)cc2Cl)c1F. The van der Waals surface area contributed by atoms with Crippen LogP contribution in [0, 0.1) is 5.82 Å². The normalized spacial score (nSPS) is 12.4. The van der Waals surface area contributed by atoms with Crippen molar-refractivity contribution in [2.75, 3.05) is 0 Å². The highest BCUT2D eigenvalue weighted by Crippen LogP contribution is 2.35. The van der Waals surface area contributed by atoms with Crippen molar-refractivity contribution in [2.24, 2.45) is 0 Å². The van der Waals surface area contributed by atoms with E-state index in [0.717, 1.165) is 0 Å². The van der Waals surface area contributed by atoms with Crippen LogP contribution in [0.5, 0.6) is 5.75 Å². The standard InChI is InChI=1S/C19H19Cl2FO3/c1-9(2)17-16(23)5-4-11(18(17)22)6-13-14(20)7-12(8-15(13)21)10(3)19(24)25/h4-5,7-10,23H,6H2,1-3H3,(H,24,25). The second kappa shape index (κ2) is 7.63. The number of benzene rings is 2. The average Bonchev–Trinajstić information content (AvgIpc) is 2.51. The van der Waals surface area contributed by atoms with Crippen LogP contribution in [0.2, 0.25) is 10.0 Å². The second-order valence-corrected chi connectivity index (χ2v) is 7.14. The number of aliphatic carboxylic acids is 1. The fourth-order valence-electron chi connectivity index (χ4n) is 2.69. The Hall–Kier alpha value is -1.78. The third-order valence-electron chi connectivity index (χ3n) is 4.22. The summed E-state index contributed by atoms with van der Waals surface area (Å²) in [4.78, 5) is 11.1. The fourth-order valence-corrected chi connectivity index (χ4v) is 3.33. The zero-order valence-corrected chi connectivity index (χ0v) is 15.6. The Morgan fingerprint density at radius 3 is 2.20 bits per heavy atom. The molecule has 0 aliphatic carbocycles. The van der Waals surface area contributed by atoms with Crippen molar-refractivity contribution in [3.63, 3.8) is 0 Å². The van der Waals surface area contributed by atoms with Gasteiger partial charge in [-0.15, -0.1) is 0 Å². The van der Waals surface area contributed by atoms with E-state index in [9.17, 15) is 14.3 Å². The Labute approximate surface area is 156 Å². The van der Waals surface area contributed by atoms with Crippen molar-refractivity contribution in [3.8, 4) is 5.75 Å². The van der Waals surface area contributed by atoms with Gasteiger partial charge in [-0.1, -0.05) is 43.1 Å². The van der Waals surface area contributed by atoms with E-state index in [0.29, 0.717) is 16.7 Å². The number of aromatic hydroxyl groups is 1. The molecule has 0 bridgehead atoms. The van der Waals surface area contributed by atoms with E-state index in [-0.39, 0.29) is 33.7 Å². The summed E-state index contributed by atoms with van der Waals surface area (Å²) >= 11 is 12.5. The first-order valence-corrected chi connectivity index (χ1v) is 8.59. The number of hydrogen-bond acceptors (Lipinski definition) is 2. The summed E-state index contributed by atoms with van der Waals surface area (Å²) in [6.45, 7) is 5.13. The second-order valence-electron chi connectivity index (χ2n) is 6.33. The van der Waals surface area contributed by atoms with Gasteiger partial charge in [0, 0.05) is 22.0 Å². The maximum Gasteiger partial charge on any atom is 0.310 e. The van der Waals surface area contributed by atoms with Crippen LogP contribution in [0.1, 0.15) is 54.9 Å². The number of hydrogen-bond donors (Lipinski definition) is 2. The van der Waals surface area contributed by atoms with Crippen molar-refractivity contribution in [3.05, 3.63) is 62.4 Å². The van der Waals surface area contributed by atoms with Crippen LogP contribution >= 0.6 is 23.2 Å². The smallest absolute Gasteiger partial charge is 0.310 e. The van der Waals surface area contributed by atoms with Gasteiger partial charge in [-0.3, -0.25) is 4.79 Å². The van der Waals surface area contributed by atoms with E-state index in [1.54, 1.807) is 32.9 Å². The van der Waals surface area contributed by atoms with Crippen LogP contribution in [-0.4, -0.2) is 16.2 Å². The maximum atomic E-state index is 14.7. The van der Waals surface area contributed by atoms with Crippen molar-refractivity contribution < 1.29 is 19.4 Å². The molecule has 2 N–H and O–H groups in total. The lowest BCUT2D eigenvalue weighted by atomic mass is 9.94. The molecule has 3 nitrogen and oxygen atoms in total. The largest absolute Gasteiger partial charge is 0.508 e. The average molecular weight is 385 g/mol. The molecule has 134 valence electrons. The Morgan fingerprint density at radius 2 is 1.72 bits per heavy atom. The number of phenolic OH excluding ortho intramolecular Hbond substituents is 1. The molecule has 0 heterocycles. The maximum absolute atomic E-state index is 14.7. The predicted octanol–water partition coefficient (Wildman–Crippen LogP) is 5.74. The van der Waals surface area contributed by atoms with Crippen LogP contribution < -0.4 is 0 Å². The summed E-state index contributed by atoms with van der Waals surface area (Å²) in [5, 5.41) is 19.5. The molecule has 25 heavy (non-hydrogen) atoms. The molecule has 0 fully saturated rings. The highest BCUT2D eigenvalue weighted by molar-refractivity contribution is 6.36. The third-order valence-corrected chi connectivity index (χ3v) is 4.89. The fraction of sp³-hybridized carbons (Fsp3) is 0.316. The van der Waals surface area contributed by atoms with Crippen LogP contribution in [-0.2, 0) is 11.2 Å². The Kier molecular flexibility index (Phi) is 5.96. The zero-order valence-electron chi connectivity index (χ0n) is 14.1. The highest BCUT2D eigenvalue weighted by Gasteiger charge is 2.20. The molecular weight excluding hydrogens is 366 g/mol. The number of phenols is 1. The van der Waals surface area contributed by atoms with Gasteiger partial charge in [0.25, 0.3) is 0 Å². The summed E-state index contributed by atoms with van der Waals surface area (Å²) in [5.41, 5.74) is 1.62. The minimum atomic E-state index is -0.981. The lowest BCUT2D eigenvalue weighted by Crippen LogP contribution is -2.08. The van der Waals surface area contributed by atoms with Crippen molar-refractivity contribution in [1.82, 2.24) is 0 Å². The first-order chi connectivity index (χ1) is 11.6. The molecule has 2 rings (SSSR count). The van der Waals surface area contributed by atoms with E-state index < -0.39 is 17.7 Å². The minimum Gasteiger partial charge on any atom is -0.508 e. The zero-order chi connectivity index (χ0) is 18.9. The molecule has 0 amide bonds.